The third-order valence-electron chi connectivity index (χ3n) is 8.12. The summed E-state index contributed by atoms with van der Waals surface area (Å²) in [6.45, 7) is 3.12. The average Bonchev–Trinajstić information content (AvgIpc) is 3.06. The lowest BCUT2D eigenvalue weighted by atomic mass is 9.86. The van der Waals surface area contributed by atoms with E-state index in [1.807, 2.05) is 19.9 Å². The molecule has 5 rings (SSSR count). The minimum Gasteiger partial charge on any atom is -0.483 e. The van der Waals surface area contributed by atoms with E-state index >= 15 is 0 Å². The Hall–Kier alpha value is -4.12. The number of rotatable bonds is 7. The highest BCUT2D eigenvalue weighted by molar-refractivity contribution is 5.99. The zero-order chi connectivity index (χ0) is 29.5. The standard InChI is InChI=1S/C30H30F3N3O5/c1-3-30(40)10-9-17(2)35-15-24(30)36-14-21(28(38)34-13-20-22(32)11-19(31)12-23(20)33)26(37)27(25(36)29(35)39)41-16-18-7-5-4-6-8-18/h4-8,11-12,14,17,24,40H,3,9-10,13,15-16H2,1-2H3,(H,34,38)/t17-,24?,30-/m0/s1. The number of benzene rings is 2. The lowest BCUT2D eigenvalue weighted by Gasteiger charge is -2.42. The van der Waals surface area contributed by atoms with Crippen LogP contribution in [0.3, 0.4) is 0 Å². The van der Waals surface area contributed by atoms with Crippen molar-refractivity contribution in [2.75, 3.05) is 6.54 Å². The van der Waals surface area contributed by atoms with Gasteiger partial charge >= 0.3 is 0 Å². The summed E-state index contributed by atoms with van der Waals surface area (Å²) in [7, 11) is 0. The predicted molar refractivity (Wildman–Crippen MR) is 143 cm³/mol. The van der Waals surface area contributed by atoms with Crippen molar-refractivity contribution in [1.82, 2.24) is 14.8 Å². The van der Waals surface area contributed by atoms with Crippen LogP contribution in [0.1, 0.15) is 71.1 Å². The largest absolute Gasteiger partial charge is 0.483 e. The van der Waals surface area contributed by atoms with Gasteiger partial charge in [0.1, 0.15) is 29.6 Å². The number of carbonyl (C=O) groups is 2. The molecule has 3 aromatic rings. The highest BCUT2D eigenvalue weighted by atomic mass is 19.1. The summed E-state index contributed by atoms with van der Waals surface area (Å²) in [4.78, 5) is 42.4. The van der Waals surface area contributed by atoms with E-state index in [1.54, 1.807) is 29.2 Å². The number of amides is 2. The van der Waals surface area contributed by atoms with Crippen molar-refractivity contribution in [3.63, 3.8) is 0 Å². The predicted octanol–water partition coefficient (Wildman–Crippen LogP) is 4.09. The summed E-state index contributed by atoms with van der Waals surface area (Å²) >= 11 is 0. The van der Waals surface area contributed by atoms with Crippen molar-refractivity contribution in [2.45, 2.75) is 63.9 Å². The van der Waals surface area contributed by atoms with Crippen LogP contribution in [0.4, 0.5) is 13.2 Å². The van der Waals surface area contributed by atoms with Gasteiger partial charge in [0.15, 0.2) is 11.4 Å². The quantitative estimate of drug-likeness (QED) is 0.447. The van der Waals surface area contributed by atoms with Crippen molar-refractivity contribution in [3.8, 4) is 5.75 Å². The van der Waals surface area contributed by atoms with Gasteiger partial charge in [-0.3, -0.25) is 14.4 Å². The summed E-state index contributed by atoms with van der Waals surface area (Å²) in [5, 5.41) is 14.0. The van der Waals surface area contributed by atoms with Crippen molar-refractivity contribution >= 4 is 11.8 Å². The second kappa shape index (κ2) is 11.0. The Morgan fingerprint density at radius 2 is 1.83 bits per heavy atom. The Morgan fingerprint density at radius 1 is 1.15 bits per heavy atom. The molecule has 41 heavy (non-hydrogen) atoms. The van der Waals surface area contributed by atoms with Gasteiger partial charge in [-0.15, -0.1) is 0 Å². The second-order valence-electron chi connectivity index (χ2n) is 10.6. The number of aromatic nitrogens is 1. The van der Waals surface area contributed by atoms with Crippen LogP contribution in [0, 0.1) is 17.5 Å². The molecule has 11 heteroatoms. The number of pyridine rings is 1. The van der Waals surface area contributed by atoms with E-state index in [0.29, 0.717) is 37.0 Å². The summed E-state index contributed by atoms with van der Waals surface area (Å²) < 4.78 is 49.1. The summed E-state index contributed by atoms with van der Waals surface area (Å²) in [6.07, 6.45) is 2.47. The smallest absolute Gasteiger partial charge is 0.274 e. The topological polar surface area (TPSA) is 101 Å². The number of ether oxygens (including phenoxy) is 1. The van der Waals surface area contributed by atoms with Crippen LogP contribution >= 0.6 is 0 Å². The van der Waals surface area contributed by atoms with E-state index in [0.717, 1.165) is 0 Å². The maximum atomic E-state index is 14.2. The zero-order valence-corrected chi connectivity index (χ0v) is 22.6. The molecule has 1 unspecified atom stereocenters. The molecule has 2 aliphatic rings. The van der Waals surface area contributed by atoms with Gasteiger partial charge in [0, 0.05) is 43.0 Å². The van der Waals surface area contributed by atoms with Crippen molar-refractivity contribution in [3.05, 3.63) is 98.7 Å². The number of nitrogens with one attached hydrogen (secondary N) is 1. The summed E-state index contributed by atoms with van der Waals surface area (Å²) in [5.41, 5.74) is -2.51. The van der Waals surface area contributed by atoms with Crippen LogP contribution in [0.2, 0.25) is 0 Å². The van der Waals surface area contributed by atoms with Crippen LogP contribution in [0.5, 0.6) is 5.75 Å². The number of halogens is 3. The van der Waals surface area contributed by atoms with Gasteiger partial charge < -0.3 is 24.6 Å². The van der Waals surface area contributed by atoms with Gasteiger partial charge in [0.05, 0.1) is 11.6 Å². The molecule has 2 bridgehead atoms. The van der Waals surface area contributed by atoms with Crippen molar-refractivity contribution in [1.29, 1.82) is 0 Å². The Kier molecular flexibility index (Phi) is 7.65. The average molecular weight is 570 g/mol. The first kappa shape index (κ1) is 28.4. The van der Waals surface area contributed by atoms with Crippen LogP contribution in [0.25, 0.3) is 0 Å². The van der Waals surface area contributed by atoms with E-state index < -0.39 is 64.0 Å². The molecule has 0 saturated carbocycles. The molecule has 3 atom stereocenters. The van der Waals surface area contributed by atoms with Gasteiger partial charge in [-0.25, -0.2) is 13.2 Å². The third kappa shape index (κ3) is 5.21. The summed E-state index contributed by atoms with van der Waals surface area (Å²) in [6, 6.07) is 9.01. The molecule has 2 amide bonds. The molecule has 0 spiro atoms. The first-order valence-corrected chi connectivity index (χ1v) is 13.4. The van der Waals surface area contributed by atoms with Crippen molar-refractivity contribution in [2.24, 2.45) is 0 Å². The van der Waals surface area contributed by atoms with Crippen LogP contribution in [-0.2, 0) is 13.2 Å². The van der Waals surface area contributed by atoms with E-state index in [2.05, 4.69) is 5.32 Å². The molecule has 2 aliphatic heterocycles. The Labute approximate surface area is 234 Å². The van der Waals surface area contributed by atoms with E-state index in [-0.39, 0.29) is 30.6 Å². The molecule has 3 heterocycles. The maximum absolute atomic E-state index is 14.2. The number of carbonyl (C=O) groups excluding carboxylic acids is 2. The molecule has 8 nitrogen and oxygen atoms in total. The SMILES string of the molecule is CC[C@]1(O)CC[C@H](C)N2CC1n1cc(C(=O)NCc3c(F)cc(F)cc3F)c(=O)c(OCc3ccccc3)c1C2=O. The van der Waals surface area contributed by atoms with Gasteiger partial charge in [-0.05, 0) is 31.7 Å². The number of nitrogens with zero attached hydrogens (tertiary/aromatic N) is 2. The maximum Gasteiger partial charge on any atom is 0.274 e. The molecule has 0 aliphatic carbocycles. The number of aliphatic hydroxyl groups is 1. The number of hydrogen-bond acceptors (Lipinski definition) is 5. The fourth-order valence-corrected chi connectivity index (χ4v) is 5.59. The van der Waals surface area contributed by atoms with Crippen molar-refractivity contribution < 1.29 is 32.6 Å². The molecule has 1 fully saturated rings. The van der Waals surface area contributed by atoms with Gasteiger partial charge in [0.25, 0.3) is 11.8 Å². The second-order valence-corrected chi connectivity index (χ2v) is 10.6. The third-order valence-corrected chi connectivity index (χ3v) is 8.12. The Balaban J connectivity index is 1.60. The van der Waals surface area contributed by atoms with Gasteiger partial charge in [0.2, 0.25) is 5.43 Å². The minimum atomic E-state index is -1.25. The number of hydrogen-bond donors (Lipinski definition) is 2. The first-order chi connectivity index (χ1) is 19.5. The fourth-order valence-electron chi connectivity index (χ4n) is 5.59. The van der Waals surface area contributed by atoms with Crippen LogP contribution in [0.15, 0.2) is 53.5 Å². The highest BCUT2D eigenvalue weighted by Gasteiger charge is 2.48. The van der Waals surface area contributed by atoms with E-state index in [9.17, 15) is 32.7 Å². The Morgan fingerprint density at radius 3 is 2.49 bits per heavy atom. The lowest BCUT2D eigenvalue weighted by molar-refractivity contribution is -0.0273. The molecule has 1 aromatic heterocycles. The Bertz CT molecular complexity index is 1540. The van der Waals surface area contributed by atoms with Crippen LogP contribution in [-0.4, -0.2) is 44.6 Å². The molecular formula is C30H30F3N3O5. The van der Waals surface area contributed by atoms with Gasteiger partial charge in [-0.1, -0.05) is 37.3 Å². The van der Waals surface area contributed by atoms with Crippen LogP contribution < -0.4 is 15.5 Å². The molecule has 2 N–H and O–H groups in total. The van der Waals surface area contributed by atoms with E-state index in [1.165, 1.54) is 10.8 Å². The normalized spacial score (nSPS) is 21.7. The fraction of sp³-hybridized carbons (Fsp3) is 0.367. The highest BCUT2D eigenvalue weighted by Crippen LogP contribution is 2.41. The monoisotopic (exact) mass is 569 g/mol. The number of fused-ring (bicyclic) bond motifs is 4. The molecule has 216 valence electrons. The zero-order valence-electron chi connectivity index (χ0n) is 22.6. The molecule has 2 aromatic carbocycles. The van der Waals surface area contributed by atoms with E-state index in [4.69, 9.17) is 4.74 Å². The molecular weight excluding hydrogens is 539 g/mol. The first-order valence-electron chi connectivity index (χ1n) is 13.4. The van der Waals surface area contributed by atoms with Gasteiger partial charge in [-0.2, -0.15) is 0 Å². The molecule has 0 radical (unpaired) electrons. The summed E-state index contributed by atoms with van der Waals surface area (Å²) in [5.74, 6) is -5.28. The molecule has 1 saturated heterocycles. The minimum absolute atomic E-state index is 0.0741. The lowest BCUT2D eigenvalue weighted by Crippen LogP contribution is -2.52.